The van der Waals surface area contributed by atoms with Crippen molar-refractivity contribution < 1.29 is 19.4 Å². The standard InChI is InChI=1S/C15H21IO4/c16-8-14(19)20-12(4-13(17)18)15-5-9-1-10(6-15)3-11(2-9)7-15/h9-12H,1-8H2,(H,17,18). The molecule has 5 heteroatoms. The third kappa shape index (κ3) is 2.70. The number of halogens is 1. The van der Waals surface area contributed by atoms with Gasteiger partial charge in [0, 0.05) is 5.41 Å². The molecule has 0 aromatic rings. The number of aliphatic carboxylic acids is 1. The van der Waals surface area contributed by atoms with Crippen molar-refractivity contribution in [2.75, 3.05) is 4.43 Å². The van der Waals surface area contributed by atoms with E-state index in [0.717, 1.165) is 37.0 Å². The van der Waals surface area contributed by atoms with Gasteiger partial charge in [-0.2, -0.15) is 0 Å². The Kier molecular flexibility index (Phi) is 3.99. The van der Waals surface area contributed by atoms with Gasteiger partial charge in [0.1, 0.15) is 6.10 Å². The Morgan fingerprint density at radius 1 is 1.15 bits per heavy atom. The lowest BCUT2D eigenvalue weighted by Gasteiger charge is -2.58. The van der Waals surface area contributed by atoms with E-state index in [1.165, 1.54) is 19.3 Å². The third-order valence-electron chi connectivity index (χ3n) is 5.51. The molecule has 0 aromatic carbocycles. The van der Waals surface area contributed by atoms with E-state index in [1.807, 2.05) is 22.6 Å². The number of hydrogen-bond donors (Lipinski definition) is 1. The second-order valence-corrected chi connectivity index (χ2v) is 7.75. The number of carboxylic acid groups (broad SMARTS) is 1. The smallest absolute Gasteiger partial charge is 0.316 e. The summed E-state index contributed by atoms with van der Waals surface area (Å²) < 4.78 is 5.86. The topological polar surface area (TPSA) is 63.6 Å². The summed E-state index contributed by atoms with van der Waals surface area (Å²) in [5, 5.41) is 9.18. The van der Waals surface area contributed by atoms with Crippen LogP contribution in [0.2, 0.25) is 0 Å². The summed E-state index contributed by atoms with van der Waals surface area (Å²) in [7, 11) is 0. The van der Waals surface area contributed by atoms with Gasteiger partial charge in [-0.05, 0) is 56.3 Å². The van der Waals surface area contributed by atoms with E-state index in [1.54, 1.807) is 0 Å². The quantitative estimate of drug-likeness (QED) is 0.444. The van der Waals surface area contributed by atoms with Gasteiger partial charge in [-0.15, -0.1) is 0 Å². The lowest BCUT2D eigenvalue weighted by atomic mass is 9.48. The summed E-state index contributed by atoms with van der Waals surface area (Å²) in [4.78, 5) is 22.9. The summed E-state index contributed by atoms with van der Waals surface area (Å²) in [6.07, 6.45) is 6.64. The monoisotopic (exact) mass is 392 g/mol. The normalized spacial score (nSPS) is 39.5. The molecule has 4 aliphatic carbocycles. The van der Waals surface area contributed by atoms with Gasteiger partial charge in [0.25, 0.3) is 0 Å². The minimum absolute atomic E-state index is 0.0332. The number of carboxylic acids is 1. The first kappa shape index (κ1) is 14.6. The summed E-state index contributed by atoms with van der Waals surface area (Å²) in [6, 6.07) is 0. The number of carbonyl (C=O) groups is 2. The lowest BCUT2D eigenvalue weighted by molar-refractivity contribution is -0.175. The molecule has 4 aliphatic rings. The molecule has 0 radical (unpaired) electrons. The zero-order valence-corrected chi connectivity index (χ0v) is 13.7. The fraction of sp³-hybridized carbons (Fsp3) is 0.867. The molecule has 0 aromatic heterocycles. The average Bonchev–Trinajstić information content (AvgIpc) is 2.35. The number of alkyl halides is 1. The van der Waals surface area contributed by atoms with Crippen molar-refractivity contribution in [3.63, 3.8) is 0 Å². The van der Waals surface area contributed by atoms with Crippen LogP contribution in [0, 0.1) is 23.2 Å². The van der Waals surface area contributed by atoms with E-state index in [9.17, 15) is 14.7 Å². The van der Waals surface area contributed by atoms with Gasteiger partial charge in [0.05, 0.1) is 10.8 Å². The third-order valence-corrected chi connectivity index (χ3v) is 6.13. The zero-order valence-electron chi connectivity index (χ0n) is 11.5. The fourth-order valence-electron chi connectivity index (χ4n) is 5.30. The van der Waals surface area contributed by atoms with Crippen LogP contribution in [-0.4, -0.2) is 27.6 Å². The lowest BCUT2D eigenvalue weighted by Crippen LogP contribution is -2.53. The van der Waals surface area contributed by atoms with E-state index >= 15 is 0 Å². The molecule has 4 rings (SSSR count). The number of ether oxygens (including phenoxy) is 1. The van der Waals surface area contributed by atoms with Crippen LogP contribution in [-0.2, 0) is 14.3 Å². The molecule has 4 fully saturated rings. The van der Waals surface area contributed by atoms with Crippen molar-refractivity contribution in [1.82, 2.24) is 0 Å². The SMILES string of the molecule is O=C(O)CC(OC(=O)CI)C12CC3CC(CC(C3)C1)C2. The van der Waals surface area contributed by atoms with Crippen molar-refractivity contribution in [2.24, 2.45) is 23.2 Å². The number of carbonyl (C=O) groups excluding carboxylic acids is 1. The Morgan fingerprint density at radius 3 is 2.05 bits per heavy atom. The first-order chi connectivity index (χ1) is 9.50. The highest BCUT2D eigenvalue weighted by Gasteiger charge is 2.55. The molecule has 0 amide bonds. The molecule has 0 spiro atoms. The van der Waals surface area contributed by atoms with E-state index < -0.39 is 12.1 Å². The maximum Gasteiger partial charge on any atom is 0.316 e. The number of hydrogen-bond acceptors (Lipinski definition) is 3. The Bertz CT molecular complexity index is 385. The van der Waals surface area contributed by atoms with Gasteiger partial charge in [-0.1, -0.05) is 22.6 Å². The van der Waals surface area contributed by atoms with Crippen molar-refractivity contribution in [3.05, 3.63) is 0 Å². The van der Waals surface area contributed by atoms with E-state index in [-0.39, 0.29) is 17.8 Å². The highest BCUT2D eigenvalue weighted by molar-refractivity contribution is 14.1. The fourth-order valence-corrected chi connectivity index (χ4v) is 5.48. The summed E-state index contributed by atoms with van der Waals surface area (Å²) >= 11 is 1.98. The predicted molar refractivity (Wildman–Crippen MR) is 81.6 cm³/mol. The van der Waals surface area contributed by atoms with Crippen LogP contribution < -0.4 is 0 Å². The molecular weight excluding hydrogens is 371 g/mol. The first-order valence-electron chi connectivity index (χ1n) is 7.48. The van der Waals surface area contributed by atoms with Crippen molar-refractivity contribution in [2.45, 2.75) is 51.0 Å². The first-order valence-corrected chi connectivity index (χ1v) is 9.00. The molecule has 112 valence electrons. The second-order valence-electron chi connectivity index (χ2n) is 6.99. The Labute approximate surface area is 132 Å². The minimum Gasteiger partial charge on any atom is -0.481 e. The van der Waals surface area contributed by atoms with Crippen LogP contribution >= 0.6 is 22.6 Å². The zero-order chi connectivity index (χ0) is 14.3. The van der Waals surface area contributed by atoms with E-state index in [4.69, 9.17) is 4.74 Å². The van der Waals surface area contributed by atoms with Crippen LogP contribution in [0.3, 0.4) is 0 Å². The highest BCUT2D eigenvalue weighted by atomic mass is 127. The van der Waals surface area contributed by atoms with Crippen LogP contribution in [0.25, 0.3) is 0 Å². The second kappa shape index (κ2) is 5.46. The molecular formula is C15H21IO4. The maximum atomic E-state index is 11.7. The van der Waals surface area contributed by atoms with Gasteiger partial charge >= 0.3 is 11.9 Å². The molecule has 1 N–H and O–H groups in total. The van der Waals surface area contributed by atoms with Gasteiger partial charge in [0.2, 0.25) is 0 Å². The number of rotatable bonds is 5. The summed E-state index contributed by atoms with van der Waals surface area (Å²) in [5.74, 6) is 1.07. The Balaban J connectivity index is 1.81. The largest absolute Gasteiger partial charge is 0.481 e. The van der Waals surface area contributed by atoms with Crippen molar-refractivity contribution >= 4 is 34.5 Å². The van der Waals surface area contributed by atoms with Crippen LogP contribution in [0.4, 0.5) is 0 Å². The van der Waals surface area contributed by atoms with E-state index in [0.29, 0.717) is 4.43 Å². The van der Waals surface area contributed by atoms with Crippen LogP contribution in [0.15, 0.2) is 0 Å². The van der Waals surface area contributed by atoms with E-state index in [2.05, 4.69) is 0 Å². The van der Waals surface area contributed by atoms with Gasteiger partial charge in [-0.25, -0.2) is 0 Å². The number of esters is 1. The minimum atomic E-state index is -0.855. The van der Waals surface area contributed by atoms with Gasteiger partial charge in [0.15, 0.2) is 0 Å². The molecule has 1 unspecified atom stereocenters. The molecule has 4 nitrogen and oxygen atoms in total. The summed E-state index contributed by atoms with van der Waals surface area (Å²) in [6.45, 7) is 0. The van der Waals surface area contributed by atoms with Crippen molar-refractivity contribution in [3.8, 4) is 0 Å². The molecule has 0 saturated heterocycles. The highest BCUT2D eigenvalue weighted by Crippen LogP contribution is 2.62. The molecule has 20 heavy (non-hydrogen) atoms. The molecule has 0 aliphatic heterocycles. The van der Waals surface area contributed by atoms with Gasteiger partial charge in [-0.3, -0.25) is 9.59 Å². The Hall–Kier alpha value is -0.330. The molecule has 4 saturated carbocycles. The average molecular weight is 392 g/mol. The molecule has 0 heterocycles. The molecule has 4 bridgehead atoms. The Morgan fingerprint density at radius 2 is 1.65 bits per heavy atom. The van der Waals surface area contributed by atoms with Crippen LogP contribution in [0.5, 0.6) is 0 Å². The van der Waals surface area contributed by atoms with Crippen LogP contribution in [0.1, 0.15) is 44.9 Å². The summed E-state index contributed by atoms with van der Waals surface area (Å²) in [5.41, 5.74) is -0.0470. The maximum absolute atomic E-state index is 11.7. The predicted octanol–water partition coefficient (Wildman–Crippen LogP) is 3.02. The van der Waals surface area contributed by atoms with Crippen molar-refractivity contribution in [1.29, 1.82) is 0 Å². The molecule has 1 atom stereocenters. The van der Waals surface area contributed by atoms with Gasteiger partial charge < -0.3 is 9.84 Å².